The Morgan fingerprint density at radius 1 is 1.00 bits per heavy atom. The molecule has 4 nitrogen and oxygen atoms in total. The predicted molar refractivity (Wildman–Crippen MR) is 109 cm³/mol. The molecular weight excluding hydrogens is 336 g/mol. The van der Waals surface area contributed by atoms with E-state index in [0.29, 0.717) is 6.54 Å². The fraction of sp³-hybridized carbons (Fsp3) is 0.391. The van der Waals surface area contributed by atoms with Gasteiger partial charge in [-0.05, 0) is 38.3 Å². The summed E-state index contributed by atoms with van der Waals surface area (Å²) >= 11 is 0. The number of carbonyl (C=O) groups is 2. The Bertz CT molecular complexity index is 758. The number of rotatable bonds is 8. The number of hydrogen-bond donors (Lipinski definition) is 1. The van der Waals surface area contributed by atoms with Crippen molar-refractivity contribution in [2.24, 2.45) is 0 Å². The Balaban J connectivity index is 2.21. The average Bonchev–Trinajstić information content (AvgIpc) is 2.66. The molecule has 2 amide bonds. The van der Waals surface area contributed by atoms with Gasteiger partial charge in [0.25, 0.3) is 0 Å². The van der Waals surface area contributed by atoms with Crippen LogP contribution < -0.4 is 5.32 Å². The van der Waals surface area contributed by atoms with Gasteiger partial charge in [0.2, 0.25) is 11.8 Å². The maximum Gasteiger partial charge on any atom is 0.242 e. The molecule has 0 aliphatic rings. The van der Waals surface area contributed by atoms with Crippen molar-refractivity contribution in [1.82, 2.24) is 10.2 Å². The molecule has 0 fully saturated rings. The molecule has 0 saturated carbocycles. The number of nitrogens with one attached hydrogen (secondary N) is 1. The minimum Gasteiger partial charge on any atom is -0.352 e. The largest absolute Gasteiger partial charge is 0.352 e. The van der Waals surface area contributed by atoms with Crippen molar-refractivity contribution in [1.29, 1.82) is 0 Å². The third-order valence-corrected chi connectivity index (χ3v) is 4.80. The molecule has 0 unspecified atom stereocenters. The lowest BCUT2D eigenvalue weighted by atomic mass is 10.1. The van der Waals surface area contributed by atoms with E-state index in [0.717, 1.165) is 23.1 Å². The average molecular weight is 367 g/mol. The van der Waals surface area contributed by atoms with E-state index in [1.165, 1.54) is 0 Å². The van der Waals surface area contributed by atoms with Crippen LogP contribution in [0.1, 0.15) is 43.9 Å². The standard InChI is InChI=1S/C23H30N2O2/c1-5-18(3)24-23(27)19(4)25(16-21-13-9-10-17(2)14-21)22(26)15-20-11-7-6-8-12-20/h6-14,18-19H,5,15-16H2,1-4H3,(H,24,27)/t18-,19-/m0/s1. The van der Waals surface area contributed by atoms with Crippen LogP contribution in [0.25, 0.3) is 0 Å². The van der Waals surface area contributed by atoms with E-state index in [1.807, 2.05) is 69.3 Å². The molecule has 0 saturated heterocycles. The lowest BCUT2D eigenvalue weighted by molar-refractivity contribution is -0.140. The topological polar surface area (TPSA) is 49.4 Å². The number of aryl methyl sites for hydroxylation is 1. The SMILES string of the molecule is CC[C@H](C)NC(=O)[C@H](C)N(Cc1cccc(C)c1)C(=O)Cc1ccccc1. The molecule has 2 rings (SSSR count). The molecular formula is C23H30N2O2. The fourth-order valence-electron chi connectivity index (χ4n) is 2.93. The van der Waals surface area contributed by atoms with Gasteiger partial charge in [-0.25, -0.2) is 0 Å². The molecule has 4 heteroatoms. The third kappa shape index (κ3) is 6.24. The maximum atomic E-state index is 13.0. The molecule has 0 radical (unpaired) electrons. The minimum absolute atomic E-state index is 0.0468. The van der Waals surface area contributed by atoms with Crippen molar-refractivity contribution in [3.8, 4) is 0 Å². The van der Waals surface area contributed by atoms with Crippen LogP contribution in [0.5, 0.6) is 0 Å². The summed E-state index contributed by atoms with van der Waals surface area (Å²) in [4.78, 5) is 27.4. The first-order chi connectivity index (χ1) is 12.9. The Labute approximate surface area is 162 Å². The van der Waals surface area contributed by atoms with Crippen molar-refractivity contribution in [2.45, 2.75) is 59.2 Å². The van der Waals surface area contributed by atoms with Crippen molar-refractivity contribution < 1.29 is 9.59 Å². The monoisotopic (exact) mass is 366 g/mol. The van der Waals surface area contributed by atoms with Gasteiger partial charge in [-0.3, -0.25) is 9.59 Å². The Hall–Kier alpha value is -2.62. The second-order valence-corrected chi connectivity index (χ2v) is 7.17. The molecule has 144 valence electrons. The summed E-state index contributed by atoms with van der Waals surface area (Å²) in [6.07, 6.45) is 1.14. The van der Waals surface area contributed by atoms with Gasteiger partial charge in [0, 0.05) is 12.6 Å². The molecule has 2 aromatic rings. The molecule has 0 bridgehead atoms. The number of carbonyl (C=O) groups excluding carboxylic acids is 2. The summed E-state index contributed by atoms with van der Waals surface area (Å²) in [5, 5.41) is 2.99. The van der Waals surface area contributed by atoms with Crippen molar-refractivity contribution in [3.63, 3.8) is 0 Å². The van der Waals surface area contributed by atoms with Crippen LogP contribution in [0.2, 0.25) is 0 Å². The van der Waals surface area contributed by atoms with E-state index in [-0.39, 0.29) is 24.3 Å². The number of benzene rings is 2. The van der Waals surface area contributed by atoms with Crippen molar-refractivity contribution >= 4 is 11.8 Å². The Morgan fingerprint density at radius 3 is 2.30 bits per heavy atom. The second kappa shape index (κ2) is 9.91. The van der Waals surface area contributed by atoms with Crippen molar-refractivity contribution in [2.75, 3.05) is 0 Å². The van der Waals surface area contributed by atoms with Crippen LogP contribution in [0.3, 0.4) is 0 Å². The zero-order valence-electron chi connectivity index (χ0n) is 16.7. The van der Waals surface area contributed by atoms with E-state index >= 15 is 0 Å². The minimum atomic E-state index is -0.532. The summed E-state index contributed by atoms with van der Waals surface area (Å²) < 4.78 is 0. The molecule has 0 aliphatic carbocycles. The lowest BCUT2D eigenvalue weighted by Crippen LogP contribution is -2.49. The predicted octanol–water partition coefficient (Wildman–Crippen LogP) is 3.87. The van der Waals surface area contributed by atoms with Crippen LogP contribution in [-0.4, -0.2) is 28.8 Å². The third-order valence-electron chi connectivity index (χ3n) is 4.80. The first kappa shape index (κ1) is 20.7. The Morgan fingerprint density at radius 2 is 1.67 bits per heavy atom. The van der Waals surface area contributed by atoms with Crippen molar-refractivity contribution in [3.05, 3.63) is 71.3 Å². The van der Waals surface area contributed by atoms with Gasteiger partial charge in [-0.1, -0.05) is 67.1 Å². The second-order valence-electron chi connectivity index (χ2n) is 7.17. The van der Waals surface area contributed by atoms with Gasteiger partial charge < -0.3 is 10.2 Å². The normalized spacial score (nSPS) is 12.9. The van der Waals surface area contributed by atoms with Gasteiger partial charge in [0.1, 0.15) is 6.04 Å². The summed E-state index contributed by atoms with van der Waals surface area (Å²) in [6, 6.07) is 17.3. The Kier molecular flexibility index (Phi) is 7.59. The van der Waals surface area contributed by atoms with E-state index in [1.54, 1.807) is 11.8 Å². The number of hydrogen-bond acceptors (Lipinski definition) is 2. The summed E-state index contributed by atoms with van der Waals surface area (Å²) in [6.45, 7) is 8.25. The molecule has 2 aromatic carbocycles. The molecule has 27 heavy (non-hydrogen) atoms. The van der Waals surface area contributed by atoms with E-state index in [9.17, 15) is 9.59 Å². The van der Waals surface area contributed by atoms with E-state index < -0.39 is 6.04 Å². The highest BCUT2D eigenvalue weighted by molar-refractivity contribution is 5.88. The summed E-state index contributed by atoms with van der Waals surface area (Å²) in [5.74, 6) is -0.159. The zero-order chi connectivity index (χ0) is 19.8. The molecule has 2 atom stereocenters. The molecule has 0 aliphatic heterocycles. The van der Waals surface area contributed by atoms with Crippen LogP contribution in [0.4, 0.5) is 0 Å². The lowest BCUT2D eigenvalue weighted by Gasteiger charge is -2.30. The van der Waals surface area contributed by atoms with E-state index in [4.69, 9.17) is 0 Å². The first-order valence-electron chi connectivity index (χ1n) is 9.60. The van der Waals surface area contributed by atoms with Crippen LogP contribution >= 0.6 is 0 Å². The highest BCUT2D eigenvalue weighted by Crippen LogP contribution is 2.14. The zero-order valence-corrected chi connectivity index (χ0v) is 16.7. The highest BCUT2D eigenvalue weighted by atomic mass is 16.2. The first-order valence-corrected chi connectivity index (χ1v) is 9.60. The quantitative estimate of drug-likeness (QED) is 0.771. The van der Waals surface area contributed by atoms with Gasteiger partial charge in [0.05, 0.1) is 6.42 Å². The molecule has 1 N–H and O–H groups in total. The molecule has 0 aromatic heterocycles. The van der Waals surface area contributed by atoms with Crippen LogP contribution in [-0.2, 0) is 22.6 Å². The highest BCUT2D eigenvalue weighted by Gasteiger charge is 2.26. The number of amides is 2. The van der Waals surface area contributed by atoms with Gasteiger partial charge >= 0.3 is 0 Å². The summed E-state index contributed by atoms with van der Waals surface area (Å²) in [5.41, 5.74) is 3.12. The van der Waals surface area contributed by atoms with E-state index in [2.05, 4.69) is 11.4 Å². The summed E-state index contributed by atoms with van der Waals surface area (Å²) in [7, 11) is 0. The van der Waals surface area contributed by atoms with Gasteiger partial charge in [0.15, 0.2) is 0 Å². The maximum absolute atomic E-state index is 13.0. The van der Waals surface area contributed by atoms with Gasteiger partial charge in [-0.2, -0.15) is 0 Å². The van der Waals surface area contributed by atoms with Crippen LogP contribution in [0, 0.1) is 6.92 Å². The molecule has 0 heterocycles. The molecule has 0 spiro atoms. The van der Waals surface area contributed by atoms with Crippen LogP contribution in [0.15, 0.2) is 54.6 Å². The number of nitrogens with zero attached hydrogens (tertiary/aromatic N) is 1. The van der Waals surface area contributed by atoms with Gasteiger partial charge in [-0.15, -0.1) is 0 Å². The smallest absolute Gasteiger partial charge is 0.242 e. The fourth-order valence-corrected chi connectivity index (χ4v) is 2.93.